The molecule has 3 N–H and O–H groups in total. The van der Waals surface area contributed by atoms with Crippen molar-refractivity contribution in [2.24, 2.45) is 0 Å². The molecule has 2 heterocycles. The number of fused-ring (bicyclic) bond motifs is 1. The lowest BCUT2D eigenvalue weighted by atomic mass is 9.99. The first-order valence-corrected chi connectivity index (χ1v) is 6.26. The molecule has 1 aromatic carbocycles. The van der Waals surface area contributed by atoms with Crippen molar-refractivity contribution in [3.63, 3.8) is 0 Å². The summed E-state index contributed by atoms with van der Waals surface area (Å²) in [5.41, 5.74) is 3.44. The van der Waals surface area contributed by atoms with Gasteiger partial charge in [-0.25, -0.2) is 0 Å². The van der Waals surface area contributed by atoms with E-state index in [1.165, 1.54) is 16.6 Å². The Balaban J connectivity index is 2.27. The van der Waals surface area contributed by atoms with E-state index in [4.69, 9.17) is 11.6 Å². The molecule has 0 aliphatic carbocycles. The molecule has 3 nitrogen and oxygen atoms in total. The van der Waals surface area contributed by atoms with Gasteiger partial charge in [-0.2, -0.15) is 0 Å². The van der Waals surface area contributed by atoms with Crippen LogP contribution in [0.15, 0.2) is 18.2 Å². The molecule has 3 rings (SSSR count). The standard InChI is InChI=1S/C13H16ClN3/c1-8-12(13(2)15-5-6-16-13)10-7-9(14)3-4-11(10)17-8/h3-4,7,15-17H,5-6H2,1-2H3. The molecule has 0 unspecified atom stereocenters. The lowest BCUT2D eigenvalue weighted by Crippen LogP contribution is -2.43. The summed E-state index contributed by atoms with van der Waals surface area (Å²) in [6.45, 7) is 6.26. The van der Waals surface area contributed by atoms with Gasteiger partial charge in [0.25, 0.3) is 0 Å². The fraction of sp³-hybridized carbons (Fsp3) is 0.385. The van der Waals surface area contributed by atoms with Crippen molar-refractivity contribution < 1.29 is 0 Å². The molecule has 1 aliphatic heterocycles. The Morgan fingerprint density at radius 1 is 1.24 bits per heavy atom. The first-order chi connectivity index (χ1) is 8.10. The molecule has 1 fully saturated rings. The quantitative estimate of drug-likeness (QED) is 0.727. The molecule has 0 bridgehead atoms. The number of nitrogens with one attached hydrogen (secondary N) is 3. The van der Waals surface area contributed by atoms with Crippen LogP contribution in [0.25, 0.3) is 10.9 Å². The van der Waals surface area contributed by atoms with Crippen LogP contribution < -0.4 is 10.6 Å². The summed E-state index contributed by atoms with van der Waals surface area (Å²) in [6, 6.07) is 5.98. The van der Waals surface area contributed by atoms with Gasteiger partial charge in [-0.05, 0) is 32.0 Å². The van der Waals surface area contributed by atoms with E-state index in [0.717, 1.165) is 23.6 Å². The highest BCUT2D eigenvalue weighted by Gasteiger charge is 2.33. The molecular formula is C13H16ClN3. The summed E-state index contributed by atoms with van der Waals surface area (Å²) in [5.74, 6) is 0. The van der Waals surface area contributed by atoms with E-state index < -0.39 is 0 Å². The monoisotopic (exact) mass is 249 g/mol. The van der Waals surface area contributed by atoms with Crippen LogP contribution in [0.4, 0.5) is 0 Å². The Hall–Kier alpha value is -1.03. The average molecular weight is 250 g/mol. The number of H-pyrrole nitrogens is 1. The van der Waals surface area contributed by atoms with Gasteiger partial charge in [-0.15, -0.1) is 0 Å². The van der Waals surface area contributed by atoms with Crippen LogP contribution in [-0.4, -0.2) is 18.1 Å². The van der Waals surface area contributed by atoms with Gasteiger partial charge in [0.1, 0.15) is 0 Å². The van der Waals surface area contributed by atoms with Crippen molar-refractivity contribution >= 4 is 22.5 Å². The predicted molar refractivity (Wildman–Crippen MR) is 71.4 cm³/mol. The molecule has 0 atom stereocenters. The van der Waals surface area contributed by atoms with E-state index in [1.54, 1.807) is 0 Å². The van der Waals surface area contributed by atoms with Gasteiger partial charge in [0.15, 0.2) is 0 Å². The first-order valence-electron chi connectivity index (χ1n) is 5.88. The smallest absolute Gasteiger partial charge is 0.0945 e. The van der Waals surface area contributed by atoms with Gasteiger partial charge in [0, 0.05) is 40.3 Å². The minimum Gasteiger partial charge on any atom is -0.358 e. The Morgan fingerprint density at radius 2 is 1.94 bits per heavy atom. The number of hydrogen-bond donors (Lipinski definition) is 3. The molecule has 0 radical (unpaired) electrons. The maximum absolute atomic E-state index is 6.10. The number of aromatic nitrogens is 1. The Morgan fingerprint density at radius 3 is 2.65 bits per heavy atom. The zero-order valence-electron chi connectivity index (χ0n) is 10.0. The molecule has 17 heavy (non-hydrogen) atoms. The van der Waals surface area contributed by atoms with Crippen molar-refractivity contribution in [3.8, 4) is 0 Å². The van der Waals surface area contributed by atoms with Crippen molar-refractivity contribution in [2.75, 3.05) is 13.1 Å². The summed E-state index contributed by atoms with van der Waals surface area (Å²) < 4.78 is 0. The predicted octanol–water partition coefficient (Wildman–Crippen LogP) is 2.50. The molecule has 0 spiro atoms. The second-order valence-electron chi connectivity index (χ2n) is 4.79. The van der Waals surface area contributed by atoms with Crippen LogP contribution in [0.5, 0.6) is 0 Å². The van der Waals surface area contributed by atoms with E-state index >= 15 is 0 Å². The van der Waals surface area contributed by atoms with Crippen LogP contribution in [0.3, 0.4) is 0 Å². The SMILES string of the molecule is Cc1[nH]c2ccc(Cl)cc2c1C1(C)NCCN1. The highest BCUT2D eigenvalue weighted by molar-refractivity contribution is 6.31. The first kappa shape index (κ1) is 11.1. The zero-order valence-corrected chi connectivity index (χ0v) is 10.8. The topological polar surface area (TPSA) is 39.9 Å². The summed E-state index contributed by atoms with van der Waals surface area (Å²) >= 11 is 6.10. The molecule has 1 aromatic heterocycles. The number of aryl methyl sites for hydroxylation is 1. The van der Waals surface area contributed by atoms with Crippen LogP contribution >= 0.6 is 11.6 Å². The number of aromatic amines is 1. The molecule has 4 heteroatoms. The average Bonchev–Trinajstić information content (AvgIpc) is 2.82. The highest BCUT2D eigenvalue weighted by atomic mass is 35.5. The maximum Gasteiger partial charge on any atom is 0.0945 e. The molecular weight excluding hydrogens is 234 g/mol. The molecule has 0 saturated carbocycles. The van der Waals surface area contributed by atoms with Crippen LogP contribution in [0.2, 0.25) is 5.02 Å². The van der Waals surface area contributed by atoms with Gasteiger partial charge >= 0.3 is 0 Å². The Bertz CT molecular complexity index is 567. The zero-order chi connectivity index (χ0) is 12.0. The van der Waals surface area contributed by atoms with Crippen LogP contribution in [0, 0.1) is 6.92 Å². The van der Waals surface area contributed by atoms with Crippen molar-refractivity contribution in [3.05, 3.63) is 34.5 Å². The molecule has 90 valence electrons. The fourth-order valence-corrected chi connectivity index (χ4v) is 2.98. The number of rotatable bonds is 1. The lowest BCUT2D eigenvalue weighted by Gasteiger charge is -2.26. The summed E-state index contributed by atoms with van der Waals surface area (Å²) in [7, 11) is 0. The molecule has 1 saturated heterocycles. The second kappa shape index (κ2) is 3.73. The van der Waals surface area contributed by atoms with Gasteiger partial charge in [-0.3, -0.25) is 10.6 Å². The Kier molecular flexibility index (Phi) is 2.43. The minimum absolute atomic E-state index is 0.160. The summed E-state index contributed by atoms with van der Waals surface area (Å²) in [5, 5.41) is 9.00. The normalized spacial score (nSPS) is 19.0. The largest absolute Gasteiger partial charge is 0.358 e. The third-order valence-corrected chi connectivity index (χ3v) is 3.77. The molecule has 0 amide bonds. The van der Waals surface area contributed by atoms with E-state index in [9.17, 15) is 0 Å². The second-order valence-corrected chi connectivity index (χ2v) is 5.23. The van der Waals surface area contributed by atoms with Gasteiger partial charge < -0.3 is 4.98 Å². The van der Waals surface area contributed by atoms with E-state index in [1.807, 2.05) is 18.2 Å². The summed E-state index contributed by atoms with van der Waals surface area (Å²) in [4.78, 5) is 3.42. The highest BCUT2D eigenvalue weighted by Crippen LogP contribution is 2.32. The molecule has 2 aromatic rings. The van der Waals surface area contributed by atoms with Crippen molar-refractivity contribution in [1.29, 1.82) is 0 Å². The van der Waals surface area contributed by atoms with E-state index in [0.29, 0.717) is 0 Å². The number of halogens is 1. The van der Waals surface area contributed by atoms with Crippen LogP contribution in [0.1, 0.15) is 18.2 Å². The third-order valence-electron chi connectivity index (χ3n) is 3.53. The summed E-state index contributed by atoms with van der Waals surface area (Å²) in [6.07, 6.45) is 0. The van der Waals surface area contributed by atoms with Gasteiger partial charge in [0.2, 0.25) is 0 Å². The van der Waals surface area contributed by atoms with Crippen molar-refractivity contribution in [2.45, 2.75) is 19.5 Å². The third kappa shape index (κ3) is 1.66. The lowest BCUT2D eigenvalue weighted by molar-refractivity contribution is 0.386. The molecule has 1 aliphatic rings. The number of hydrogen-bond acceptors (Lipinski definition) is 2. The van der Waals surface area contributed by atoms with Gasteiger partial charge in [0.05, 0.1) is 5.66 Å². The van der Waals surface area contributed by atoms with Crippen LogP contribution in [-0.2, 0) is 5.66 Å². The van der Waals surface area contributed by atoms with E-state index in [2.05, 4.69) is 29.5 Å². The maximum atomic E-state index is 6.10. The minimum atomic E-state index is -0.160. The Labute approximate surface area is 106 Å². The van der Waals surface area contributed by atoms with E-state index in [-0.39, 0.29) is 5.66 Å². The van der Waals surface area contributed by atoms with Gasteiger partial charge in [-0.1, -0.05) is 11.6 Å². The van der Waals surface area contributed by atoms with Crippen molar-refractivity contribution in [1.82, 2.24) is 15.6 Å². The fourth-order valence-electron chi connectivity index (χ4n) is 2.81. The number of benzene rings is 1.